The molecule has 2 heterocycles. The molecule has 0 amide bonds. The second kappa shape index (κ2) is 4.74. The molecule has 0 saturated heterocycles. The molecular formula is C16H15N3. The van der Waals surface area contributed by atoms with E-state index in [-0.39, 0.29) is 0 Å². The molecule has 19 heavy (non-hydrogen) atoms. The first-order valence-corrected chi connectivity index (χ1v) is 6.51. The fourth-order valence-corrected chi connectivity index (χ4v) is 2.81. The molecule has 0 fully saturated rings. The Morgan fingerprint density at radius 2 is 2.37 bits per heavy atom. The third kappa shape index (κ3) is 1.96. The van der Waals surface area contributed by atoms with Crippen LogP contribution in [-0.4, -0.2) is 9.55 Å². The Kier molecular flexibility index (Phi) is 2.92. The van der Waals surface area contributed by atoms with E-state index in [1.54, 1.807) is 0 Å². The minimum atomic E-state index is 0.344. The van der Waals surface area contributed by atoms with Gasteiger partial charge in [0.15, 0.2) is 0 Å². The molecule has 0 N–H and O–H groups in total. The average molecular weight is 249 g/mol. The predicted octanol–water partition coefficient (Wildman–Crippen LogP) is 3.32. The number of nitrogens with zero attached hydrogens (tertiary/aromatic N) is 3. The van der Waals surface area contributed by atoms with Gasteiger partial charge in [0.05, 0.1) is 24.0 Å². The van der Waals surface area contributed by atoms with E-state index in [4.69, 9.17) is 5.26 Å². The van der Waals surface area contributed by atoms with Crippen molar-refractivity contribution < 1.29 is 0 Å². The lowest BCUT2D eigenvalue weighted by Crippen LogP contribution is -2.06. The van der Waals surface area contributed by atoms with Crippen molar-refractivity contribution in [3.05, 3.63) is 59.2 Å². The Morgan fingerprint density at radius 1 is 1.47 bits per heavy atom. The van der Waals surface area contributed by atoms with Gasteiger partial charge in [-0.15, -0.1) is 0 Å². The number of hydrogen-bond acceptors (Lipinski definition) is 2. The van der Waals surface area contributed by atoms with Crippen molar-refractivity contribution in [1.82, 2.24) is 9.55 Å². The molecular weight excluding hydrogens is 234 g/mol. The van der Waals surface area contributed by atoms with Crippen LogP contribution in [0.3, 0.4) is 0 Å². The summed E-state index contributed by atoms with van der Waals surface area (Å²) < 4.78 is 2.24. The van der Waals surface area contributed by atoms with Crippen LogP contribution in [0.5, 0.6) is 0 Å². The maximum absolute atomic E-state index is 9.02. The highest BCUT2D eigenvalue weighted by Gasteiger charge is 2.24. The van der Waals surface area contributed by atoms with Crippen molar-refractivity contribution >= 4 is 6.08 Å². The van der Waals surface area contributed by atoms with Gasteiger partial charge in [-0.2, -0.15) is 5.26 Å². The average Bonchev–Trinajstić information content (AvgIpc) is 3.02. The Bertz CT molecular complexity index is 674. The minimum absolute atomic E-state index is 0.344. The molecule has 1 aromatic carbocycles. The maximum Gasteiger partial charge on any atom is 0.0991 e. The Balaban J connectivity index is 2.09. The van der Waals surface area contributed by atoms with Crippen molar-refractivity contribution in [1.29, 1.82) is 5.26 Å². The van der Waals surface area contributed by atoms with Gasteiger partial charge >= 0.3 is 0 Å². The van der Waals surface area contributed by atoms with Crippen LogP contribution in [0, 0.1) is 11.3 Å². The summed E-state index contributed by atoms with van der Waals surface area (Å²) in [6, 6.07) is 8.49. The van der Waals surface area contributed by atoms with Gasteiger partial charge in [-0.05, 0) is 43.0 Å². The number of aryl methyl sites for hydroxylation is 1. The van der Waals surface area contributed by atoms with Crippen LogP contribution >= 0.6 is 0 Å². The monoisotopic (exact) mass is 249 g/mol. The van der Waals surface area contributed by atoms with Crippen LogP contribution in [0.15, 0.2) is 36.8 Å². The smallest absolute Gasteiger partial charge is 0.0991 e. The van der Waals surface area contributed by atoms with Gasteiger partial charge in [-0.1, -0.05) is 18.2 Å². The molecule has 3 rings (SSSR count). The topological polar surface area (TPSA) is 41.6 Å². The van der Waals surface area contributed by atoms with Crippen LogP contribution in [-0.2, 0) is 6.42 Å². The van der Waals surface area contributed by atoms with Crippen molar-refractivity contribution in [2.24, 2.45) is 0 Å². The highest BCUT2D eigenvalue weighted by molar-refractivity contribution is 5.57. The first-order chi connectivity index (χ1) is 9.33. The second-order valence-electron chi connectivity index (χ2n) is 4.80. The van der Waals surface area contributed by atoms with Crippen molar-refractivity contribution in [3.63, 3.8) is 0 Å². The van der Waals surface area contributed by atoms with Gasteiger partial charge in [0.25, 0.3) is 0 Å². The highest BCUT2D eigenvalue weighted by atomic mass is 15.1. The fraction of sp³-hybridized carbons (Fsp3) is 0.250. The fourth-order valence-electron chi connectivity index (χ4n) is 2.81. The molecule has 1 atom stereocenters. The molecule has 0 saturated carbocycles. The summed E-state index contributed by atoms with van der Waals surface area (Å²) in [6.07, 6.45) is 10.1. The summed E-state index contributed by atoms with van der Waals surface area (Å²) in [7, 11) is 0. The van der Waals surface area contributed by atoms with Crippen molar-refractivity contribution in [3.8, 4) is 6.07 Å². The van der Waals surface area contributed by atoms with E-state index in [1.807, 2.05) is 37.7 Å². The molecule has 1 aliphatic rings. The van der Waals surface area contributed by atoms with E-state index >= 15 is 0 Å². The van der Waals surface area contributed by atoms with Gasteiger partial charge in [0.2, 0.25) is 0 Å². The van der Waals surface area contributed by atoms with Gasteiger partial charge < -0.3 is 4.57 Å². The second-order valence-corrected chi connectivity index (χ2v) is 4.80. The van der Waals surface area contributed by atoms with E-state index in [0.717, 1.165) is 18.4 Å². The number of imidazole rings is 1. The molecule has 1 aromatic heterocycles. The molecule has 0 spiro atoms. The Morgan fingerprint density at radius 3 is 3.16 bits per heavy atom. The molecule has 1 aliphatic heterocycles. The quantitative estimate of drug-likeness (QED) is 0.819. The maximum atomic E-state index is 9.02. The Labute approximate surface area is 112 Å². The van der Waals surface area contributed by atoms with E-state index in [9.17, 15) is 0 Å². The molecule has 94 valence electrons. The Hall–Kier alpha value is -2.34. The van der Waals surface area contributed by atoms with Crippen LogP contribution in [0.25, 0.3) is 6.08 Å². The number of rotatable bonds is 2. The molecule has 3 heteroatoms. The summed E-state index contributed by atoms with van der Waals surface area (Å²) in [5, 5.41) is 9.02. The van der Waals surface area contributed by atoms with Gasteiger partial charge in [0.1, 0.15) is 0 Å². The number of fused-ring (bicyclic) bond motifs is 1. The lowest BCUT2D eigenvalue weighted by atomic mass is 9.96. The van der Waals surface area contributed by atoms with Crippen LogP contribution in [0.1, 0.15) is 41.8 Å². The predicted molar refractivity (Wildman–Crippen MR) is 74.6 cm³/mol. The lowest BCUT2D eigenvalue weighted by molar-refractivity contribution is 0.615. The third-order valence-corrected chi connectivity index (χ3v) is 3.68. The van der Waals surface area contributed by atoms with Crippen molar-refractivity contribution in [2.75, 3.05) is 0 Å². The van der Waals surface area contributed by atoms with E-state index in [1.165, 1.54) is 11.3 Å². The van der Waals surface area contributed by atoms with Gasteiger partial charge in [0, 0.05) is 11.9 Å². The van der Waals surface area contributed by atoms with E-state index < -0.39 is 0 Å². The summed E-state index contributed by atoms with van der Waals surface area (Å²) in [5.41, 5.74) is 4.41. The minimum Gasteiger partial charge on any atom is -0.327 e. The SMILES string of the molecule is C/C=C/c1cc(C#N)ccc1[C@H]1CCc2cncn21. The molecule has 0 bridgehead atoms. The van der Waals surface area contributed by atoms with E-state index in [0.29, 0.717) is 11.6 Å². The first kappa shape index (κ1) is 11.7. The summed E-state index contributed by atoms with van der Waals surface area (Å²) in [4.78, 5) is 4.22. The summed E-state index contributed by atoms with van der Waals surface area (Å²) in [5.74, 6) is 0. The molecule has 0 aliphatic carbocycles. The number of nitriles is 1. The molecule has 3 nitrogen and oxygen atoms in total. The summed E-state index contributed by atoms with van der Waals surface area (Å²) >= 11 is 0. The zero-order valence-electron chi connectivity index (χ0n) is 10.9. The van der Waals surface area contributed by atoms with Gasteiger partial charge in [-0.3, -0.25) is 0 Å². The molecule has 0 unspecified atom stereocenters. The van der Waals surface area contributed by atoms with Crippen LogP contribution < -0.4 is 0 Å². The van der Waals surface area contributed by atoms with E-state index in [2.05, 4.69) is 27.8 Å². The number of aromatic nitrogens is 2. The number of hydrogen-bond donors (Lipinski definition) is 0. The number of allylic oxidation sites excluding steroid dienone is 1. The molecule has 0 radical (unpaired) electrons. The largest absolute Gasteiger partial charge is 0.327 e. The highest BCUT2D eigenvalue weighted by Crippen LogP contribution is 2.34. The zero-order valence-corrected chi connectivity index (χ0v) is 10.9. The van der Waals surface area contributed by atoms with Gasteiger partial charge in [-0.25, -0.2) is 4.98 Å². The standard InChI is InChI=1S/C16H15N3/c1-2-3-13-8-12(9-17)4-6-15(13)16-7-5-14-10-18-11-19(14)16/h2-4,6,8,10-11,16H,5,7H2,1H3/b3-2+/t16-/m1/s1. The normalized spacial score (nSPS) is 17.6. The van der Waals surface area contributed by atoms with Crippen LogP contribution in [0.2, 0.25) is 0 Å². The lowest BCUT2D eigenvalue weighted by Gasteiger charge is -2.16. The zero-order chi connectivity index (χ0) is 13.2. The first-order valence-electron chi connectivity index (χ1n) is 6.51. The van der Waals surface area contributed by atoms with Crippen LogP contribution in [0.4, 0.5) is 0 Å². The van der Waals surface area contributed by atoms with Crippen molar-refractivity contribution in [2.45, 2.75) is 25.8 Å². The molecule has 2 aromatic rings. The summed E-state index contributed by atoms with van der Waals surface area (Å²) in [6.45, 7) is 2.00. The third-order valence-electron chi connectivity index (χ3n) is 3.68. The number of benzene rings is 1.